The molecular formula is H5GeMgNaO. The van der Waals surface area contributed by atoms with Gasteiger partial charge in [0.15, 0.2) is 0 Å². The number of rotatable bonds is 0. The molecule has 0 aromatic heterocycles. The van der Waals surface area contributed by atoms with E-state index in [1.807, 2.05) is 0 Å². The second-order valence-corrected chi connectivity index (χ2v) is 0. The predicted molar refractivity (Wildman–Crippen MR) is 18.3 cm³/mol. The molecule has 0 spiro atoms. The van der Waals surface area contributed by atoms with E-state index in [0.29, 0.717) is 0 Å². The molecule has 4 heteroatoms. The van der Waals surface area contributed by atoms with Gasteiger partial charge in [-0.25, -0.2) is 0 Å². The van der Waals surface area contributed by atoms with E-state index in [1.165, 1.54) is 0 Å². The minimum atomic E-state index is 0. The summed E-state index contributed by atoms with van der Waals surface area (Å²) in [6.07, 6.45) is 0. The van der Waals surface area contributed by atoms with Crippen LogP contribution in [0.15, 0.2) is 0 Å². The number of hydrogen-bond donors (Lipinski definition) is 0. The van der Waals surface area contributed by atoms with Gasteiger partial charge in [0.1, 0.15) is 0 Å². The van der Waals surface area contributed by atoms with E-state index in [4.69, 9.17) is 3.78 Å². The SMILES string of the molecule is [H-].[H-].[H-].[Mg+2].[Na+].[O]=[GeH2]. The van der Waals surface area contributed by atoms with Gasteiger partial charge in [0.05, 0.1) is 0 Å². The molecule has 0 atom stereocenters. The molecule has 1 nitrogen and oxygen atoms in total. The van der Waals surface area contributed by atoms with Crippen LogP contribution in [0.3, 0.4) is 0 Å². The summed E-state index contributed by atoms with van der Waals surface area (Å²) in [5.41, 5.74) is 0. The second kappa shape index (κ2) is 19.4. The first-order valence-electron chi connectivity index (χ1n) is 0.289. The first-order valence-corrected chi connectivity index (χ1v) is 1.50. The molecule has 0 radical (unpaired) electrons. The van der Waals surface area contributed by atoms with Crippen molar-refractivity contribution in [1.29, 1.82) is 0 Å². The zero-order valence-electron chi connectivity index (χ0n) is 5.82. The Kier molecular flexibility index (Phi) is 80.0. The molecule has 0 unspecified atom stereocenters. The van der Waals surface area contributed by atoms with Crippen molar-refractivity contribution in [3.05, 3.63) is 0 Å². The van der Waals surface area contributed by atoms with Gasteiger partial charge in [0.25, 0.3) is 0 Å². The van der Waals surface area contributed by atoms with Crippen LogP contribution in [0.25, 0.3) is 0 Å². The van der Waals surface area contributed by atoms with Crippen LogP contribution in [0, 0.1) is 0 Å². The van der Waals surface area contributed by atoms with E-state index in [1.54, 1.807) is 0 Å². The molecule has 0 fully saturated rings. The standard InChI is InChI=1S/GeH2O.Mg.Na.3H/c1-2;;;;;/h1H2;;;;;/q;+2;+1;3*-1. The Morgan fingerprint density at radius 2 is 1.50 bits per heavy atom. The Bertz CT molecular complexity index is 14.9. The molecule has 0 amide bonds. The molecule has 18 valence electrons. The fraction of sp³-hybridized carbons (Fsp3) is 0. The van der Waals surface area contributed by atoms with Crippen molar-refractivity contribution in [1.82, 2.24) is 0 Å². The van der Waals surface area contributed by atoms with Crippen molar-refractivity contribution in [2.45, 2.75) is 0 Å². The van der Waals surface area contributed by atoms with E-state index in [0.717, 1.165) is 0 Å². The van der Waals surface area contributed by atoms with Crippen LogP contribution in [0.1, 0.15) is 4.28 Å². The van der Waals surface area contributed by atoms with E-state index in [9.17, 15) is 0 Å². The summed E-state index contributed by atoms with van der Waals surface area (Å²) in [5.74, 6) is 0. The van der Waals surface area contributed by atoms with Crippen molar-refractivity contribution < 1.29 is 37.6 Å². The van der Waals surface area contributed by atoms with Gasteiger partial charge in [-0.3, -0.25) is 0 Å². The van der Waals surface area contributed by atoms with Gasteiger partial charge in [-0.05, 0) is 0 Å². The summed E-state index contributed by atoms with van der Waals surface area (Å²) in [7, 11) is 0. The zero-order valence-corrected chi connectivity index (χ0v) is 9.20. The van der Waals surface area contributed by atoms with Gasteiger partial charge >= 0.3 is 72.8 Å². The Hall–Kier alpha value is 2.11. The molecule has 0 aliphatic carbocycles. The summed E-state index contributed by atoms with van der Waals surface area (Å²) < 4.78 is 8.38. The molecule has 0 N–H and O–H groups in total. The van der Waals surface area contributed by atoms with Crippen molar-refractivity contribution in [3.63, 3.8) is 0 Å². The maximum atomic E-state index is 8.38. The fourth-order valence-corrected chi connectivity index (χ4v) is 0. The summed E-state index contributed by atoms with van der Waals surface area (Å²) in [4.78, 5) is 0. The van der Waals surface area contributed by atoms with Gasteiger partial charge in [-0.1, -0.05) is 0 Å². The molecular weight excluding hydrogens is 136 g/mol. The molecule has 0 aromatic carbocycles. The average Bonchev–Trinajstić information content (AvgIpc) is 1.00. The monoisotopic (exact) mass is 142 g/mol. The van der Waals surface area contributed by atoms with Gasteiger partial charge < -0.3 is 4.28 Å². The predicted octanol–water partition coefficient (Wildman–Crippen LogP) is -4.07. The van der Waals surface area contributed by atoms with E-state index < -0.39 is 0 Å². The summed E-state index contributed by atoms with van der Waals surface area (Å²) >= 11 is 0.125. The molecule has 0 bridgehead atoms. The van der Waals surface area contributed by atoms with Crippen LogP contribution in [-0.2, 0) is 3.78 Å². The Balaban J connectivity index is -0.000000000500. The van der Waals surface area contributed by atoms with Crippen LogP contribution in [0.2, 0.25) is 0 Å². The van der Waals surface area contributed by atoms with E-state index in [-0.39, 0.29) is 73.3 Å². The Labute approximate surface area is 76.2 Å². The van der Waals surface area contributed by atoms with Gasteiger partial charge in [-0.2, -0.15) is 0 Å². The minimum absolute atomic E-state index is 0. The van der Waals surface area contributed by atoms with Crippen LogP contribution in [0.5, 0.6) is 0 Å². The molecule has 0 aromatic rings. The molecule has 0 heterocycles. The first kappa shape index (κ1) is 16.5. The molecule has 0 aliphatic heterocycles. The van der Waals surface area contributed by atoms with Crippen molar-refractivity contribution in [2.24, 2.45) is 0 Å². The molecule has 0 saturated heterocycles. The topological polar surface area (TPSA) is 17.1 Å². The normalized spacial score (nSPS) is 1.00. The second-order valence-electron chi connectivity index (χ2n) is 0. The van der Waals surface area contributed by atoms with Crippen molar-refractivity contribution in [3.8, 4) is 0 Å². The molecule has 0 saturated carbocycles. The van der Waals surface area contributed by atoms with Crippen LogP contribution < -0.4 is 29.6 Å². The number of hydrogen-bond acceptors (Lipinski definition) is 1. The summed E-state index contributed by atoms with van der Waals surface area (Å²) in [6, 6.07) is 0. The van der Waals surface area contributed by atoms with E-state index in [2.05, 4.69) is 0 Å². The molecule has 4 heavy (non-hydrogen) atoms. The van der Waals surface area contributed by atoms with Crippen molar-refractivity contribution in [2.75, 3.05) is 0 Å². The summed E-state index contributed by atoms with van der Waals surface area (Å²) in [6.45, 7) is 0. The average molecular weight is 141 g/mol. The molecule has 0 aliphatic rings. The van der Waals surface area contributed by atoms with Gasteiger partial charge in [0.2, 0.25) is 0 Å². The first-order chi connectivity index (χ1) is 1.00. The van der Waals surface area contributed by atoms with Crippen LogP contribution in [-0.4, -0.2) is 39.5 Å². The third-order valence-corrected chi connectivity index (χ3v) is 0. The van der Waals surface area contributed by atoms with Gasteiger partial charge in [0, 0.05) is 0 Å². The quantitative estimate of drug-likeness (QED) is 0.313. The fourth-order valence-electron chi connectivity index (χ4n) is 0. The van der Waals surface area contributed by atoms with Crippen LogP contribution in [0.4, 0.5) is 0 Å². The van der Waals surface area contributed by atoms with Crippen LogP contribution >= 0.6 is 0 Å². The molecule has 0 rings (SSSR count). The van der Waals surface area contributed by atoms with Crippen molar-refractivity contribution >= 4 is 39.5 Å². The summed E-state index contributed by atoms with van der Waals surface area (Å²) in [5, 5.41) is 0. The Morgan fingerprint density at radius 1 is 1.50 bits per heavy atom. The van der Waals surface area contributed by atoms with E-state index >= 15 is 0 Å². The van der Waals surface area contributed by atoms with Gasteiger partial charge in [-0.15, -0.1) is 0 Å². The zero-order chi connectivity index (χ0) is 2.00. The maximum absolute atomic E-state index is 8.38. The Morgan fingerprint density at radius 3 is 1.50 bits per heavy atom. The third-order valence-electron chi connectivity index (χ3n) is 0. The third kappa shape index (κ3) is 8.93.